The lowest BCUT2D eigenvalue weighted by molar-refractivity contribution is 0.0985. The number of ether oxygens (including phenoxy) is 2. The smallest absolute Gasteiger partial charge is 0.260 e. The van der Waals surface area contributed by atoms with Gasteiger partial charge in [-0.3, -0.25) is 9.69 Å². The van der Waals surface area contributed by atoms with E-state index in [2.05, 4.69) is 0 Å². The summed E-state index contributed by atoms with van der Waals surface area (Å²) in [6.07, 6.45) is 2.80. The number of thiazole rings is 1. The van der Waals surface area contributed by atoms with Gasteiger partial charge in [0.25, 0.3) is 5.91 Å². The van der Waals surface area contributed by atoms with Gasteiger partial charge in [-0.1, -0.05) is 17.8 Å². The van der Waals surface area contributed by atoms with Crippen LogP contribution in [0.25, 0.3) is 10.2 Å². The van der Waals surface area contributed by atoms with Crippen molar-refractivity contribution in [1.82, 2.24) is 14.2 Å². The number of fused-ring (bicyclic) bond motifs is 2. The van der Waals surface area contributed by atoms with Crippen molar-refractivity contribution in [3.05, 3.63) is 42.0 Å². The van der Waals surface area contributed by atoms with Gasteiger partial charge in [0.05, 0.1) is 15.1 Å². The zero-order valence-electron chi connectivity index (χ0n) is 20.5. The number of hydrogen-bond acceptors (Lipinski definition) is 8. The fourth-order valence-corrected chi connectivity index (χ4v) is 6.85. The highest BCUT2D eigenvalue weighted by atomic mass is 32.2. The van der Waals surface area contributed by atoms with Crippen molar-refractivity contribution in [1.29, 1.82) is 0 Å². The molecule has 0 saturated carbocycles. The molecule has 0 unspecified atom stereocenters. The monoisotopic (exact) mass is 530 g/mol. The summed E-state index contributed by atoms with van der Waals surface area (Å²) in [5, 5.41) is 0.573. The molecule has 3 heterocycles. The summed E-state index contributed by atoms with van der Waals surface area (Å²) in [7, 11) is 0.341. The van der Waals surface area contributed by atoms with Crippen molar-refractivity contribution in [2.75, 3.05) is 58.4 Å². The predicted octanol–water partition coefficient (Wildman–Crippen LogP) is 3.45. The minimum Gasteiger partial charge on any atom is -0.486 e. The number of rotatable bonds is 7. The molecule has 0 aliphatic carbocycles. The summed E-state index contributed by atoms with van der Waals surface area (Å²) in [6.45, 7) is 3.16. The first-order chi connectivity index (χ1) is 17.3. The molecule has 1 aromatic heterocycles. The summed E-state index contributed by atoms with van der Waals surface area (Å²) in [5.74, 6) is 1.11. The molecule has 0 N–H and O–H groups in total. The number of likely N-dealkylation sites (N-methyl/N-ethyl adjacent to an activating group) is 1. The molecule has 1 saturated heterocycles. The van der Waals surface area contributed by atoms with E-state index in [0.717, 1.165) is 29.5 Å². The van der Waals surface area contributed by atoms with Crippen molar-refractivity contribution in [3.8, 4) is 11.5 Å². The Morgan fingerprint density at radius 2 is 1.67 bits per heavy atom. The first-order valence-electron chi connectivity index (χ1n) is 12.1. The van der Waals surface area contributed by atoms with Crippen molar-refractivity contribution < 1.29 is 22.7 Å². The Bertz CT molecular complexity index is 1310. The van der Waals surface area contributed by atoms with Crippen LogP contribution in [0.5, 0.6) is 11.5 Å². The number of benzene rings is 2. The Morgan fingerprint density at radius 1 is 1.00 bits per heavy atom. The van der Waals surface area contributed by atoms with E-state index in [1.54, 1.807) is 17.0 Å². The molecule has 0 spiro atoms. The zero-order chi connectivity index (χ0) is 25.3. The highest BCUT2D eigenvalue weighted by Gasteiger charge is 2.27. The van der Waals surface area contributed by atoms with Gasteiger partial charge in [-0.15, -0.1) is 0 Å². The lowest BCUT2D eigenvalue weighted by Gasteiger charge is -2.26. The Balaban J connectivity index is 1.43. The fraction of sp³-hybridized carbons (Fsp3) is 0.440. The van der Waals surface area contributed by atoms with Gasteiger partial charge in [0.15, 0.2) is 16.6 Å². The molecular weight excluding hydrogens is 500 g/mol. The van der Waals surface area contributed by atoms with Crippen LogP contribution in [0, 0.1) is 0 Å². The first-order valence-corrected chi connectivity index (χ1v) is 14.4. The molecule has 0 radical (unpaired) electrons. The number of sulfonamides is 1. The molecule has 0 atom stereocenters. The third-order valence-electron chi connectivity index (χ3n) is 6.34. The van der Waals surface area contributed by atoms with Gasteiger partial charge in [-0.25, -0.2) is 13.4 Å². The number of piperidine rings is 1. The minimum absolute atomic E-state index is 0.214. The number of hydrogen-bond donors (Lipinski definition) is 0. The molecule has 36 heavy (non-hydrogen) atoms. The van der Waals surface area contributed by atoms with Gasteiger partial charge < -0.3 is 14.4 Å². The molecule has 9 nitrogen and oxygen atoms in total. The molecule has 192 valence electrons. The molecule has 2 aliphatic heterocycles. The second kappa shape index (κ2) is 10.3. The second-order valence-electron chi connectivity index (χ2n) is 9.21. The molecular formula is C25H30N4O5S2. The van der Waals surface area contributed by atoms with E-state index in [1.807, 2.05) is 31.1 Å². The average molecular weight is 531 g/mol. The van der Waals surface area contributed by atoms with Crippen LogP contribution in [0.1, 0.15) is 29.6 Å². The maximum Gasteiger partial charge on any atom is 0.260 e. The standard InChI is InChI=1S/C25H30N4O5S2/c1-27(2)12-13-29(25-26-20-16-21-22(17-23(20)35-25)34-15-14-33-21)24(30)18-6-8-19(9-7-18)36(31,32)28-10-4-3-5-11-28/h6-9,16-17H,3-5,10-15H2,1-2H3. The Morgan fingerprint density at radius 3 is 2.33 bits per heavy atom. The maximum absolute atomic E-state index is 13.6. The molecule has 3 aromatic rings. The molecule has 11 heteroatoms. The molecule has 1 fully saturated rings. The Kier molecular flexibility index (Phi) is 7.16. The van der Waals surface area contributed by atoms with Crippen LogP contribution in [0.3, 0.4) is 0 Å². The van der Waals surface area contributed by atoms with E-state index < -0.39 is 10.0 Å². The topological polar surface area (TPSA) is 92.3 Å². The van der Waals surface area contributed by atoms with Gasteiger partial charge in [0, 0.05) is 43.9 Å². The van der Waals surface area contributed by atoms with Gasteiger partial charge in [0.1, 0.15) is 13.2 Å². The minimum atomic E-state index is -3.56. The van der Waals surface area contributed by atoms with Crippen molar-refractivity contribution in [3.63, 3.8) is 0 Å². The van der Waals surface area contributed by atoms with Crippen LogP contribution in [-0.4, -0.2) is 82.0 Å². The van der Waals surface area contributed by atoms with Crippen LogP contribution in [0.15, 0.2) is 41.3 Å². The van der Waals surface area contributed by atoms with Crippen molar-refractivity contribution in [2.45, 2.75) is 24.2 Å². The highest BCUT2D eigenvalue weighted by molar-refractivity contribution is 7.89. The van der Waals surface area contributed by atoms with E-state index in [-0.39, 0.29) is 10.8 Å². The average Bonchev–Trinajstić information content (AvgIpc) is 3.30. The number of anilines is 1. The second-order valence-corrected chi connectivity index (χ2v) is 12.2. The summed E-state index contributed by atoms with van der Waals surface area (Å²) in [5.41, 5.74) is 1.15. The third kappa shape index (κ3) is 5.06. The quantitative estimate of drug-likeness (QED) is 0.462. The molecule has 5 rings (SSSR count). The van der Waals surface area contributed by atoms with E-state index in [4.69, 9.17) is 14.5 Å². The predicted molar refractivity (Wildman–Crippen MR) is 140 cm³/mol. The first kappa shape index (κ1) is 24.9. The maximum atomic E-state index is 13.6. The highest BCUT2D eigenvalue weighted by Crippen LogP contribution is 2.39. The molecule has 2 aromatic carbocycles. The normalized spacial score (nSPS) is 16.4. The fourth-order valence-electron chi connectivity index (χ4n) is 4.33. The van der Waals surface area contributed by atoms with Gasteiger partial charge in [-0.05, 0) is 51.2 Å². The van der Waals surface area contributed by atoms with Crippen molar-refractivity contribution in [2.24, 2.45) is 0 Å². The molecule has 1 amide bonds. The van der Waals surface area contributed by atoms with Crippen molar-refractivity contribution >= 4 is 42.6 Å². The summed E-state index contributed by atoms with van der Waals surface area (Å²) in [6, 6.07) is 9.99. The largest absolute Gasteiger partial charge is 0.486 e. The van der Waals surface area contributed by atoms with Crippen LogP contribution in [0.4, 0.5) is 5.13 Å². The number of amides is 1. The molecule has 0 bridgehead atoms. The number of aromatic nitrogens is 1. The van der Waals surface area contributed by atoms with Gasteiger partial charge in [-0.2, -0.15) is 4.31 Å². The number of nitrogens with zero attached hydrogens (tertiary/aromatic N) is 4. The van der Waals surface area contributed by atoms with Gasteiger partial charge in [0.2, 0.25) is 10.0 Å². The van der Waals surface area contributed by atoms with E-state index in [1.165, 1.54) is 27.8 Å². The van der Waals surface area contributed by atoms with Crippen LogP contribution < -0.4 is 14.4 Å². The lowest BCUT2D eigenvalue weighted by Crippen LogP contribution is -2.37. The third-order valence-corrected chi connectivity index (χ3v) is 9.30. The van der Waals surface area contributed by atoms with E-state index in [0.29, 0.717) is 61.6 Å². The SMILES string of the molecule is CN(C)CCN(C(=O)c1ccc(S(=O)(=O)N2CCCCC2)cc1)c1nc2cc3c(cc2s1)OCCO3. The molecule has 2 aliphatic rings. The van der Waals surface area contributed by atoms with E-state index >= 15 is 0 Å². The zero-order valence-corrected chi connectivity index (χ0v) is 22.1. The Labute approximate surface area is 215 Å². The summed E-state index contributed by atoms with van der Waals surface area (Å²) in [4.78, 5) is 22.2. The van der Waals surface area contributed by atoms with Gasteiger partial charge >= 0.3 is 0 Å². The number of carbonyl (C=O) groups excluding carboxylic acids is 1. The van der Waals surface area contributed by atoms with E-state index in [9.17, 15) is 13.2 Å². The Hall–Kier alpha value is -2.73. The summed E-state index contributed by atoms with van der Waals surface area (Å²) < 4.78 is 39.8. The van der Waals surface area contributed by atoms with Crippen LogP contribution in [-0.2, 0) is 10.0 Å². The lowest BCUT2D eigenvalue weighted by atomic mass is 10.2. The number of carbonyl (C=O) groups is 1. The summed E-state index contributed by atoms with van der Waals surface area (Å²) >= 11 is 1.42. The van der Waals surface area contributed by atoms with Crippen LogP contribution in [0.2, 0.25) is 0 Å². The van der Waals surface area contributed by atoms with Crippen LogP contribution >= 0.6 is 11.3 Å².